The van der Waals surface area contributed by atoms with E-state index in [0.717, 1.165) is 6.07 Å². The van der Waals surface area contributed by atoms with Crippen LogP contribution in [-0.4, -0.2) is 0 Å². The van der Waals surface area contributed by atoms with Gasteiger partial charge in [0.2, 0.25) is 0 Å². The van der Waals surface area contributed by atoms with Gasteiger partial charge in [-0.05, 0) is 29.8 Å². The number of alkyl halides is 3. The van der Waals surface area contributed by atoms with Crippen LogP contribution in [0.4, 0.5) is 13.2 Å². The van der Waals surface area contributed by atoms with Crippen LogP contribution in [-0.2, 0) is 6.18 Å². The minimum atomic E-state index is -4.50. The number of halogens is 6. The Morgan fingerprint density at radius 2 is 1.42 bits per heavy atom. The van der Waals surface area contributed by atoms with Crippen LogP contribution in [0.15, 0.2) is 36.4 Å². The molecule has 100 valence electrons. The second kappa shape index (κ2) is 5.23. The Balaban J connectivity index is 2.63. The van der Waals surface area contributed by atoms with E-state index < -0.39 is 11.7 Å². The fourth-order valence-electron chi connectivity index (χ4n) is 1.68. The van der Waals surface area contributed by atoms with E-state index >= 15 is 0 Å². The zero-order valence-corrected chi connectivity index (χ0v) is 11.5. The SMILES string of the molecule is FC(F)(F)c1cccc(-c2cc(Cl)cc(Cl)c2)c1Cl. The average molecular weight is 326 g/mol. The molecule has 0 atom stereocenters. The Kier molecular flexibility index (Phi) is 4.00. The molecule has 0 aliphatic heterocycles. The van der Waals surface area contributed by atoms with Crippen molar-refractivity contribution in [1.82, 2.24) is 0 Å². The van der Waals surface area contributed by atoms with Crippen LogP contribution in [0, 0.1) is 0 Å². The minimum Gasteiger partial charge on any atom is -0.166 e. The van der Waals surface area contributed by atoms with E-state index in [2.05, 4.69) is 0 Å². The third-order valence-corrected chi connectivity index (χ3v) is 3.32. The second-order valence-corrected chi connectivity index (χ2v) is 5.07. The largest absolute Gasteiger partial charge is 0.417 e. The van der Waals surface area contributed by atoms with Gasteiger partial charge in [-0.15, -0.1) is 0 Å². The lowest BCUT2D eigenvalue weighted by atomic mass is 10.0. The molecular weight excluding hydrogens is 319 g/mol. The van der Waals surface area contributed by atoms with E-state index in [4.69, 9.17) is 34.8 Å². The van der Waals surface area contributed by atoms with Gasteiger partial charge >= 0.3 is 6.18 Å². The van der Waals surface area contributed by atoms with Crippen LogP contribution in [0.25, 0.3) is 11.1 Å². The molecule has 0 radical (unpaired) electrons. The number of benzene rings is 2. The molecule has 2 aromatic rings. The lowest BCUT2D eigenvalue weighted by molar-refractivity contribution is -0.137. The van der Waals surface area contributed by atoms with Crippen molar-refractivity contribution in [3.05, 3.63) is 57.0 Å². The summed E-state index contributed by atoms with van der Waals surface area (Å²) in [6.45, 7) is 0. The smallest absolute Gasteiger partial charge is 0.166 e. The predicted molar refractivity (Wildman–Crippen MR) is 71.9 cm³/mol. The van der Waals surface area contributed by atoms with Crippen molar-refractivity contribution < 1.29 is 13.2 Å². The minimum absolute atomic E-state index is 0.237. The first kappa shape index (κ1) is 14.5. The third kappa shape index (κ3) is 3.16. The van der Waals surface area contributed by atoms with Gasteiger partial charge in [-0.1, -0.05) is 46.9 Å². The zero-order chi connectivity index (χ0) is 14.2. The molecule has 19 heavy (non-hydrogen) atoms. The summed E-state index contributed by atoms with van der Waals surface area (Å²) in [4.78, 5) is 0. The summed E-state index contributed by atoms with van der Waals surface area (Å²) >= 11 is 17.5. The Morgan fingerprint density at radius 1 is 0.842 bits per heavy atom. The molecule has 0 unspecified atom stereocenters. The lowest BCUT2D eigenvalue weighted by Gasteiger charge is -2.12. The van der Waals surface area contributed by atoms with Crippen molar-refractivity contribution in [2.45, 2.75) is 6.18 Å². The topological polar surface area (TPSA) is 0 Å². The van der Waals surface area contributed by atoms with Crippen LogP contribution in [0.2, 0.25) is 15.1 Å². The summed E-state index contributed by atoms with van der Waals surface area (Å²) in [6.07, 6.45) is -4.50. The summed E-state index contributed by atoms with van der Waals surface area (Å²) in [5.74, 6) is 0. The maximum Gasteiger partial charge on any atom is 0.417 e. The fourth-order valence-corrected chi connectivity index (χ4v) is 2.55. The molecule has 0 fully saturated rings. The fraction of sp³-hybridized carbons (Fsp3) is 0.0769. The van der Waals surface area contributed by atoms with Gasteiger partial charge in [-0.25, -0.2) is 0 Å². The molecule has 0 heterocycles. The van der Waals surface area contributed by atoms with Gasteiger partial charge in [-0.2, -0.15) is 13.2 Å². The number of hydrogen-bond acceptors (Lipinski definition) is 0. The molecule has 0 aromatic heterocycles. The Hall–Kier alpha value is -0.900. The molecule has 0 saturated heterocycles. The standard InChI is InChI=1S/C13H6Cl3F3/c14-8-4-7(5-9(15)6-8)10-2-1-3-11(12(10)16)13(17,18)19/h1-6H. The molecule has 0 saturated carbocycles. The molecule has 0 spiro atoms. The first-order valence-corrected chi connectivity index (χ1v) is 6.24. The van der Waals surface area contributed by atoms with Crippen molar-refractivity contribution in [3.63, 3.8) is 0 Å². The Bertz CT molecular complexity index is 601. The van der Waals surface area contributed by atoms with Crippen LogP contribution in [0.1, 0.15) is 5.56 Å². The maximum atomic E-state index is 12.8. The average Bonchev–Trinajstić information content (AvgIpc) is 2.26. The zero-order valence-electron chi connectivity index (χ0n) is 9.23. The van der Waals surface area contributed by atoms with Crippen molar-refractivity contribution >= 4 is 34.8 Å². The van der Waals surface area contributed by atoms with E-state index in [-0.39, 0.29) is 10.6 Å². The van der Waals surface area contributed by atoms with Crippen molar-refractivity contribution in [1.29, 1.82) is 0 Å². The third-order valence-electron chi connectivity index (χ3n) is 2.48. The van der Waals surface area contributed by atoms with Gasteiger partial charge in [-0.3, -0.25) is 0 Å². The van der Waals surface area contributed by atoms with Gasteiger partial charge in [0, 0.05) is 15.6 Å². The molecule has 2 rings (SSSR count). The molecule has 0 N–H and O–H groups in total. The molecule has 0 nitrogen and oxygen atoms in total. The van der Waals surface area contributed by atoms with Crippen LogP contribution in [0.5, 0.6) is 0 Å². The Morgan fingerprint density at radius 3 is 1.95 bits per heavy atom. The van der Waals surface area contributed by atoms with E-state index in [1.807, 2.05) is 0 Å². The number of hydrogen-bond donors (Lipinski definition) is 0. The second-order valence-electron chi connectivity index (χ2n) is 3.82. The maximum absolute atomic E-state index is 12.8. The highest BCUT2D eigenvalue weighted by Gasteiger charge is 2.33. The van der Waals surface area contributed by atoms with Crippen LogP contribution in [0.3, 0.4) is 0 Å². The highest BCUT2D eigenvalue weighted by atomic mass is 35.5. The highest BCUT2D eigenvalue weighted by molar-refractivity contribution is 6.36. The van der Waals surface area contributed by atoms with Gasteiger partial charge in [0.25, 0.3) is 0 Å². The van der Waals surface area contributed by atoms with Gasteiger partial charge in [0.15, 0.2) is 0 Å². The lowest BCUT2D eigenvalue weighted by Crippen LogP contribution is -2.06. The predicted octanol–water partition coefficient (Wildman–Crippen LogP) is 6.33. The van der Waals surface area contributed by atoms with Crippen LogP contribution < -0.4 is 0 Å². The molecular formula is C13H6Cl3F3. The van der Waals surface area contributed by atoms with Gasteiger partial charge < -0.3 is 0 Å². The van der Waals surface area contributed by atoms with Crippen molar-refractivity contribution in [2.24, 2.45) is 0 Å². The van der Waals surface area contributed by atoms with E-state index in [9.17, 15) is 13.2 Å². The van der Waals surface area contributed by atoms with E-state index in [1.165, 1.54) is 30.3 Å². The number of rotatable bonds is 1. The first-order valence-electron chi connectivity index (χ1n) is 5.11. The summed E-state index contributed by atoms with van der Waals surface area (Å²) in [5.41, 5.74) is -0.211. The molecule has 0 bridgehead atoms. The molecule has 0 aliphatic rings. The molecule has 0 amide bonds. The molecule has 6 heteroatoms. The van der Waals surface area contributed by atoms with Crippen molar-refractivity contribution in [2.75, 3.05) is 0 Å². The Labute approximate surface area is 122 Å². The van der Waals surface area contributed by atoms with Gasteiger partial charge in [0.05, 0.1) is 10.6 Å². The summed E-state index contributed by atoms with van der Waals surface area (Å²) < 4.78 is 38.3. The summed E-state index contributed by atoms with van der Waals surface area (Å²) in [5, 5.41) is 0.292. The van der Waals surface area contributed by atoms with Crippen molar-refractivity contribution in [3.8, 4) is 11.1 Å². The quantitative estimate of drug-likeness (QED) is 0.574. The summed E-state index contributed by atoms with van der Waals surface area (Å²) in [7, 11) is 0. The molecule has 2 aromatic carbocycles. The summed E-state index contributed by atoms with van der Waals surface area (Å²) in [6, 6.07) is 8.22. The normalized spacial score (nSPS) is 11.7. The monoisotopic (exact) mass is 324 g/mol. The van der Waals surface area contributed by atoms with E-state index in [0.29, 0.717) is 15.6 Å². The van der Waals surface area contributed by atoms with Crippen LogP contribution >= 0.6 is 34.8 Å². The van der Waals surface area contributed by atoms with E-state index in [1.54, 1.807) is 0 Å². The first-order chi connectivity index (χ1) is 8.79. The van der Waals surface area contributed by atoms with Gasteiger partial charge in [0.1, 0.15) is 0 Å². The highest BCUT2D eigenvalue weighted by Crippen LogP contribution is 2.40. The molecule has 0 aliphatic carbocycles.